The van der Waals surface area contributed by atoms with E-state index >= 15 is 0 Å². The number of nitrogens with one attached hydrogen (secondary N) is 2. The molecule has 0 saturated heterocycles. The van der Waals surface area contributed by atoms with Crippen LogP contribution >= 0.6 is 0 Å². The highest BCUT2D eigenvalue weighted by Crippen LogP contribution is 2.20. The van der Waals surface area contributed by atoms with Crippen LogP contribution in [0.1, 0.15) is 49.9 Å². The van der Waals surface area contributed by atoms with Gasteiger partial charge in [-0.15, -0.1) is 0 Å². The third-order valence-corrected chi connectivity index (χ3v) is 3.61. The van der Waals surface area contributed by atoms with Crippen LogP contribution in [-0.2, 0) is 4.79 Å². The van der Waals surface area contributed by atoms with E-state index in [1.165, 1.54) is 0 Å². The van der Waals surface area contributed by atoms with Crippen LogP contribution in [0.2, 0.25) is 0 Å². The van der Waals surface area contributed by atoms with Crippen molar-refractivity contribution in [2.75, 3.05) is 5.32 Å². The second-order valence-corrected chi connectivity index (χ2v) is 5.95. The number of carbonyl (C=O) groups is 2. The average molecular weight is 289 g/mol. The average Bonchev–Trinajstić information content (AvgIpc) is 3.23. The third kappa shape index (κ3) is 4.29. The number of anilines is 1. The summed E-state index contributed by atoms with van der Waals surface area (Å²) in [5.41, 5.74) is 6.35. The van der Waals surface area contributed by atoms with Crippen LogP contribution in [0.4, 0.5) is 5.69 Å². The fourth-order valence-electron chi connectivity index (χ4n) is 2.11. The molecule has 1 aromatic rings. The Morgan fingerprint density at radius 1 is 1.29 bits per heavy atom. The van der Waals surface area contributed by atoms with Crippen LogP contribution in [0.25, 0.3) is 0 Å². The lowest BCUT2D eigenvalue weighted by atomic mass is 9.96. The largest absolute Gasteiger partial charge is 0.349 e. The number of hydrogen-bond acceptors (Lipinski definition) is 3. The summed E-state index contributed by atoms with van der Waals surface area (Å²) >= 11 is 0. The van der Waals surface area contributed by atoms with Crippen LogP contribution in [0.5, 0.6) is 0 Å². The predicted molar refractivity (Wildman–Crippen MR) is 83.1 cm³/mol. The molecule has 1 unspecified atom stereocenters. The number of rotatable bonds is 6. The van der Waals surface area contributed by atoms with E-state index in [1.54, 1.807) is 31.2 Å². The molecule has 0 aliphatic heterocycles. The molecule has 1 saturated carbocycles. The van der Waals surface area contributed by atoms with E-state index in [-0.39, 0.29) is 11.8 Å². The van der Waals surface area contributed by atoms with Crippen LogP contribution in [0.3, 0.4) is 0 Å². The van der Waals surface area contributed by atoms with Crippen molar-refractivity contribution in [3.8, 4) is 0 Å². The molecule has 21 heavy (non-hydrogen) atoms. The van der Waals surface area contributed by atoms with Gasteiger partial charge < -0.3 is 16.4 Å². The SMILES string of the molecule is CCCC(C)(N)C(=O)Nc1ccc(C(=O)NC2CC2)cc1. The Hall–Kier alpha value is -1.88. The van der Waals surface area contributed by atoms with Gasteiger partial charge in [-0.1, -0.05) is 13.3 Å². The van der Waals surface area contributed by atoms with Gasteiger partial charge in [0.1, 0.15) is 0 Å². The number of hydrogen-bond donors (Lipinski definition) is 3. The predicted octanol–water partition coefficient (Wildman–Crippen LogP) is 2.03. The zero-order chi connectivity index (χ0) is 15.5. The lowest BCUT2D eigenvalue weighted by Gasteiger charge is -2.22. The van der Waals surface area contributed by atoms with Crippen LogP contribution in [0.15, 0.2) is 24.3 Å². The highest BCUT2D eigenvalue weighted by atomic mass is 16.2. The molecule has 0 radical (unpaired) electrons. The van der Waals surface area contributed by atoms with E-state index in [0.29, 0.717) is 23.7 Å². The summed E-state index contributed by atoms with van der Waals surface area (Å²) in [5, 5.41) is 5.72. The fourth-order valence-corrected chi connectivity index (χ4v) is 2.11. The fraction of sp³-hybridized carbons (Fsp3) is 0.500. The molecular formula is C16H23N3O2. The quantitative estimate of drug-likeness (QED) is 0.749. The molecular weight excluding hydrogens is 266 g/mol. The van der Waals surface area contributed by atoms with Crippen molar-refractivity contribution < 1.29 is 9.59 Å². The molecule has 2 amide bonds. The van der Waals surface area contributed by atoms with E-state index < -0.39 is 5.54 Å². The Kier molecular flexibility index (Phi) is 4.63. The van der Waals surface area contributed by atoms with Gasteiger partial charge in [0.15, 0.2) is 0 Å². The Labute approximate surface area is 125 Å². The molecule has 114 valence electrons. The lowest BCUT2D eigenvalue weighted by Crippen LogP contribution is -2.48. The molecule has 1 aromatic carbocycles. The van der Waals surface area contributed by atoms with Crippen molar-refractivity contribution in [3.63, 3.8) is 0 Å². The van der Waals surface area contributed by atoms with E-state index in [4.69, 9.17) is 5.73 Å². The minimum absolute atomic E-state index is 0.0648. The molecule has 1 aliphatic carbocycles. The van der Waals surface area contributed by atoms with Crippen molar-refractivity contribution in [1.82, 2.24) is 5.32 Å². The molecule has 1 aliphatic rings. The maximum atomic E-state index is 12.1. The molecule has 1 fully saturated rings. The van der Waals surface area contributed by atoms with Gasteiger partial charge in [0.2, 0.25) is 5.91 Å². The summed E-state index contributed by atoms with van der Waals surface area (Å²) in [6.07, 6.45) is 3.60. The van der Waals surface area contributed by atoms with Gasteiger partial charge >= 0.3 is 0 Å². The second kappa shape index (κ2) is 6.26. The number of nitrogens with two attached hydrogens (primary N) is 1. The molecule has 1 atom stereocenters. The Balaban J connectivity index is 1.95. The smallest absolute Gasteiger partial charge is 0.251 e. The molecule has 0 aromatic heterocycles. The first-order chi connectivity index (χ1) is 9.92. The summed E-state index contributed by atoms with van der Waals surface area (Å²) in [7, 11) is 0. The zero-order valence-electron chi connectivity index (χ0n) is 12.6. The normalized spacial score (nSPS) is 16.9. The number of benzene rings is 1. The molecule has 2 rings (SSSR count). The summed E-state index contributed by atoms with van der Waals surface area (Å²) in [5.74, 6) is -0.274. The van der Waals surface area contributed by atoms with Crippen LogP contribution in [-0.4, -0.2) is 23.4 Å². The third-order valence-electron chi connectivity index (χ3n) is 3.61. The first-order valence-electron chi connectivity index (χ1n) is 7.43. The molecule has 4 N–H and O–H groups in total. The first-order valence-corrected chi connectivity index (χ1v) is 7.43. The molecule has 0 heterocycles. The van der Waals surface area contributed by atoms with Crippen molar-refractivity contribution in [2.24, 2.45) is 5.73 Å². The van der Waals surface area contributed by atoms with Crippen molar-refractivity contribution in [2.45, 2.75) is 51.1 Å². The standard InChI is InChI=1S/C16H23N3O2/c1-3-10-16(2,17)15(21)19-13-6-4-11(5-7-13)14(20)18-12-8-9-12/h4-7,12H,3,8-10,17H2,1-2H3,(H,18,20)(H,19,21). The zero-order valence-corrected chi connectivity index (χ0v) is 12.6. The van der Waals surface area contributed by atoms with Gasteiger partial charge in [-0.05, 0) is 50.5 Å². The topological polar surface area (TPSA) is 84.2 Å². The van der Waals surface area contributed by atoms with Gasteiger partial charge in [-0.2, -0.15) is 0 Å². The molecule has 0 spiro atoms. The van der Waals surface area contributed by atoms with E-state index in [1.807, 2.05) is 6.92 Å². The highest BCUT2D eigenvalue weighted by Gasteiger charge is 2.27. The lowest BCUT2D eigenvalue weighted by molar-refractivity contribution is -0.120. The molecule has 5 heteroatoms. The molecule has 0 bridgehead atoms. The maximum Gasteiger partial charge on any atom is 0.251 e. The minimum Gasteiger partial charge on any atom is -0.349 e. The van der Waals surface area contributed by atoms with Crippen molar-refractivity contribution >= 4 is 17.5 Å². The van der Waals surface area contributed by atoms with Crippen molar-refractivity contribution in [1.29, 1.82) is 0 Å². The summed E-state index contributed by atoms with van der Waals surface area (Å²) in [4.78, 5) is 23.9. The van der Waals surface area contributed by atoms with Gasteiger partial charge in [0, 0.05) is 17.3 Å². The van der Waals surface area contributed by atoms with Gasteiger partial charge in [-0.3, -0.25) is 9.59 Å². The number of carbonyl (C=O) groups excluding carboxylic acids is 2. The maximum absolute atomic E-state index is 12.1. The van der Waals surface area contributed by atoms with E-state index in [9.17, 15) is 9.59 Å². The Bertz CT molecular complexity index is 519. The summed E-state index contributed by atoms with van der Waals surface area (Å²) in [6.45, 7) is 3.72. The summed E-state index contributed by atoms with van der Waals surface area (Å²) in [6, 6.07) is 7.20. The Morgan fingerprint density at radius 3 is 2.43 bits per heavy atom. The highest BCUT2D eigenvalue weighted by molar-refractivity contribution is 5.99. The van der Waals surface area contributed by atoms with E-state index in [2.05, 4.69) is 10.6 Å². The number of amides is 2. The van der Waals surface area contributed by atoms with Crippen LogP contribution in [0, 0.1) is 0 Å². The monoisotopic (exact) mass is 289 g/mol. The summed E-state index contributed by atoms with van der Waals surface area (Å²) < 4.78 is 0. The van der Waals surface area contributed by atoms with Crippen LogP contribution < -0.4 is 16.4 Å². The van der Waals surface area contributed by atoms with Gasteiger partial charge in [-0.25, -0.2) is 0 Å². The van der Waals surface area contributed by atoms with Gasteiger partial charge in [0.25, 0.3) is 5.91 Å². The first kappa shape index (κ1) is 15.5. The van der Waals surface area contributed by atoms with E-state index in [0.717, 1.165) is 19.3 Å². The second-order valence-electron chi connectivity index (χ2n) is 5.95. The van der Waals surface area contributed by atoms with Gasteiger partial charge in [0.05, 0.1) is 5.54 Å². The molecule has 5 nitrogen and oxygen atoms in total. The van der Waals surface area contributed by atoms with Crippen molar-refractivity contribution in [3.05, 3.63) is 29.8 Å². The Morgan fingerprint density at radius 2 is 1.90 bits per heavy atom. The minimum atomic E-state index is -0.878.